The topological polar surface area (TPSA) is 214 Å². The zero-order valence-corrected chi connectivity index (χ0v) is 39.6. The molecule has 0 amide bonds. The zero-order chi connectivity index (χ0) is 45.9. The van der Waals surface area contributed by atoms with Crippen LogP contribution in [0.1, 0.15) is 206 Å². The highest BCUT2D eigenvalue weighted by Gasteiger charge is 2.47. The summed E-state index contributed by atoms with van der Waals surface area (Å²) in [4.78, 5) is 13.0. The van der Waals surface area contributed by atoms with Crippen molar-refractivity contribution in [2.24, 2.45) is 0 Å². The van der Waals surface area contributed by atoms with Gasteiger partial charge in [-0.25, -0.2) is 0 Å². The summed E-state index contributed by atoms with van der Waals surface area (Å²) in [7, 11) is 0. The van der Waals surface area contributed by atoms with Crippen LogP contribution < -0.4 is 0 Å². The summed E-state index contributed by atoms with van der Waals surface area (Å²) in [6.45, 7) is 3.73. The van der Waals surface area contributed by atoms with Gasteiger partial charge in [-0.05, 0) is 12.8 Å². The van der Waals surface area contributed by atoms with E-state index in [2.05, 4.69) is 13.8 Å². The van der Waals surface area contributed by atoms with Crippen molar-refractivity contribution in [3.05, 3.63) is 0 Å². The molecule has 0 aromatic heterocycles. The number of esters is 1. The van der Waals surface area contributed by atoms with E-state index >= 15 is 0 Å². The Bertz CT molecular complexity index is 1050. The van der Waals surface area contributed by atoms with Crippen LogP contribution in [0, 0.1) is 0 Å². The first kappa shape index (κ1) is 58.1. The Morgan fingerprint density at radius 3 is 1.29 bits per heavy atom. The SMILES string of the molecule is CCCCCCCCCCCCCCCCCCOCC(COC1OC(COC2OC(CO)C(O)C(O)C2O)C(O)C(O)C1O)OC(=O)CCCCCCCCCCCCCCC. The predicted molar refractivity (Wildman–Crippen MR) is 243 cm³/mol. The van der Waals surface area contributed by atoms with Gasteiger partial charge in [0.1, 0.15) is 54.9 Å². The third-order valence-electron chi connectivity index (χ3n) is 12.6. The van der Waals surface area contributed by atoms with Crippen LogP contribution in [0.3, 0.4) is 0 Å². The average molecular weight is 907 g/mol. The summed E-state index contributed by atoms with van der Waals surface area (Å²) >= 11 is 0. The summed E-state index contributed by atoms with van der Waals surface area (Å²) in [5.41, 5.74) is 0. The van der Waals surface area contributed by atoms with Crippen molar-refractivity contribution < 1.29 is 69.0 Å². The molecule has 2 fully saturated rings. The van der Waals surface area contributed by atoms with E-state index in [1.165, 1.54) is 141 Å². The molecule has 0 radical (unpaired) electrons. The fourth-order valence-corrected chi connectivity index (χ4v) is 8.40. The lowest BCUT2D eigenvalue weighted by atomic mass is 9.98. The Kier molecular flexibility index (Phi) is 35.1. The number of hydrogen-bond donors (Lipinski definition) is 7. The van der Waals surface area contributed by atoms with Crippen LogP contribution in [0.15, 0.2) is 0 Å². The lowest BCUT2D eigenvalue weighted by molar-refractivity contribution is -0.332. The van der Waals surface area contributed by atoms with Gasteiger partial charge >= 0.3 is 5.97 Å². The van der Waals surface area contributed by atoms with Crippen LogP contribution in [0.2, 0.25) is 0 Å². The minimum absolute atomic E-state index is 0.0702. The van der Waals surface area contributed by atoms with Crippen LogP contribution in [-0.2, 0) is 33.2 Å². The summed E-state index contributed by atoms with van der Waals surface area (Å²) in [6.07, 6.45) is 20.2. The van der Waals surface area contributed by atoms with Crippen LogP contribution in [0.25, 0.3) is 0 Å². The summed E-state index contributed by atoms with van der Waals surface area (Å²) in [6, 6.07) is 0. The maximum absolute atomic E-state index is 13.0. The molecule has 0 aromatic carbocycles. The second-order valence-corrected chi connectivity index (χ2v) is 18.4. The molecule has 2 heterocycles. The first-order chi connectivity index (χ1) is 30.6. The van der Waals surface area contributed by atoms with Crippen LogP contribution in [0.4, 0.5) is 0 Å². The Morgan fingerprint density at radius 2 is 0.841 bits per heavy atom. The lowest BCUT2D eigenvalue weighted by Gasteiger charge is -2.42. The minimum Gasteiger partial charge on any atom is -0.457 e. The van der Waals surface area contributed by atoms with Gasteiger partial charge in [0.15, 0.2) is 12.6 Å². The van der Waals surface area contributed by atoms with E-state index in [-0.39, 0.29) is 25.6 Å². The molecule has 0 bridgehead atoms. The fourth-order valence-electron chi connectivity index (χ4n) is 8.40. The van der Waals surface area contributed by atoms with Crippen molar-refractivity contribution in [2.45, 2.75) is 274 Å². The van der Waals surface area contributed by atoms with Gasteiger partial charge in [0.25, 0.3) is 0 Å². The normalized spacial score (nSPS) is 26.9. The third-order valence-corrected chi connectivity index (χ3v) is 12.6. The summed E-state index contributed by atoms with van der Waals surface area (Å²) in [5.74, 6) is -0.371. The van der Waals surface area contributed by atoms with Crippen molar-refractivity contribution in [2.75, 3.05) is 33.0 Å². The van der Waals surface area contributed by atoms with E-state index in [0.29, 0.717) is 13.0 Å². The van der Waals surface area contributed by atoms with E-state index in [0.717, 1.165) is 38.5 Å². The second-order valence-electron chi connectivity index (χ2n) is 18.4. The van der Waals surface area contributed by atoms with E-state index in [9.17, 15) is 40.5 Å². The van der Waals surface area contributed by atoms with Crippen LogP contribution >= 0.6 is 0 Å². The van der Waals surface area contributed by atoms with E-state index in [1.807, 2.05) is 0 Å². The van der Waals surface area contributed by atoms with Crippen LogP contribution in [0.5, 0.6) is 0 Å². The van der Waals surface area contributed by atoms with Crippen molar-refractivity contribution in [3.8, 4) is 0 Å². The molecule has 374 valence electrons. The molecule has 63 heavy (non-hydrogen) atoms. The number of carbonyl (C=O) groups excluding carboxylic acids is 1. The van der Waals surface area contributed by atoms with Gasteiger partial charge in [-0.1, -0.05) is 187 Å². The largest absolute Gasteiger partial charge is 0.457 e. The molecule has 11 atom stereocenters. The molecule has 2 aliphatic heterocycles. The molecule has 0 spiro atoms. The number of unbranched alkanes of at least 4 members (excludes halogenated alkanes) is 27. The molecule has 14 nitrogen and oxygen atoms in total. The van der Waals surface area contributed by atoms with Crippen molar-refractivity contribution >= 4 is 5.97 Å². The highest BCUT2D eigenvalue weighted by atomic mass is 16.7. The second kappa shape index (κ2) is 38.0. The molecule has 0 aliphatic carbocycles. The number of carbonyl (C=O) groups is 1. The van der Waals surface area contributed by atoms with Crippen molar-refractivity contribution in [1.29, 1.82) is 0 Å². The molecule has 7 N–H and O–H groups in total. The number of hydrogen-bond acceptors (Lipinski definition) is 14. The van der Waals surface area contributed by atoms with Gasteiger partial charge in [0.05, 0.1) is 26.4 Å². The van der Waals surface area contributed by atoms with E-state index < -0.39 is 80.7 Å². The molecule has 2 aliphatic rings. The van der Waals surface area contributed by atoms with Crippen molar-refractivity contribution in [3.63, 3.8) is 0 Å². The molecular formula is C49H94O14. The highest BCUT2D eigenvalue weighted by molar-refractivity contribution is 5.69. The van der Waals surface area contributed by atoms with Gasteiger partial charge in [0, 0.05) is 13.0 Å². The maximum atomic E-state index is 13.0. The van der Waals surface area contributed by atoms with Gasteiger partial charge in [0.2, 0.25) is 0 Å². The smallest absolute Gasteiger partial charge is 0.306 e. The third kappa shape index (κ3) is 26.2. The highest BCUT2D eigenvalue weighted by Crippen LogP contribution is 2.26. The predicted octanol–water partition coefficient (Wildman–Crippen LogP) is 7.30. The van der Waals surface area contributed by atoms with Gasteiger partial charge < -0.3 is 64.2 Å². The number of ether oxygens (including phenoxy) is 6. The van der Waals surface area contributed by atoms with Crippen LogP contribution in [-0.4, -0.2) is 142 Å². The maximum Gasteiger partial charge on any atom is 0.306 e. The number of aliphatic hydroxyl groups excluding tert-OH is 7. The average Bonchev–Trinajstić information content (AvgIpc) is 3.28. The lowest BCUT2D eigenvalue weighted by Crippen LogP contribution is -2.61. The first-order valence-corrected chi connectivity index (χ1v) is 25.6. The molecular weight excluding hydrogens is 813 g/mol. The first-order valence-electron chi connectivity index (χ1n) is 25.6. The zero-order valence-electron chi connectivity index (χ0n) is 39.6. The van der Waals surface area contributed by atoms with E-state index in [1.54, 1.807) is 0 Å². The Hall–Kier alpha value is -1.01. The Morgan fingerprint density at radius 1 is 0.460 bits per heavy atom. The summed E-state index contributed by atoms with van der Waals surface area (Å²) < 4.78 is 34.3. The molecule has 11 unspecified atom stereocenters. The van der Waals surface area contributed by atoms with Crippen molar-refractivity contribution in [1.82, 2.24) is 0 Å². The Labute approximate surface area is 381 Å². The van der Waals surface area contributed by atoms with Gasteiger partial charge in [-0.15, -0.1) is 0 Å². The van der Waals surface area contributed by atoms with Gasteiger partial charge in [-0.3, -0.25) is 4.79 Å². The molecule has 0 aromatic rings. The molecule has 2 saturated heterocycles. The minimum atomic E-state index is -1.70. The molecule has 14 heteroatoms. The Balaban J connectivity index is 1.76. The van der Waals surface area contributed by atoms with E-state index in [4.69, 9.17) is 28.4 Å². The quantitative estimate of drug-likeness (QED) is 0.0237. The number of rotatable bonds is 41. The summed E-state index contributed by atoms with van der Waals surface area (Å²) in [5, 5.41) is 72.1. The standard InChI is InChI=1S/C49H94O14/c1-3-5-7-9-11-13-15-17-18-19-21-23-25-27-29-31-33-58-35-38(61-41(51)32-30-28-26-24-22-20-16-14-12-10-8-6-4-2)36-59-48-47(57)45(55)43(53)40(63-48)37-60-49-46(56)44(54)42(52)39(34-50)62-49/h38-40,42-50,52-57H,3-37H2,1-2H3. The molecule has 2 rings (SSSR count). The fraction of sp³-hybridized carbons (Fsp3) is 0.980. The van der Waals surface area contributed by atoms with Gasteiger partial charge in [-0.2, -0.15) is 0 Å². The number of aliphatic hydroxyl groups is 7. The monoisotopic (exact) mass is 907 g/mol. The molecule has 0 saturated carbocycles.